The third-order valence-corrected chi connectivity index (χ3v) is 5.40. The summed E-state index contributed by atoms with van der Waals surface area (Å²) in [5, 5.41) is 5.77. The molecule has 2 atom stereocenters. The maximum atomic E-state index is 3.62. The lowest BCUT2D eigenvalue weighted by Crippen LogP contribution is -2.41. The molecule has 0 aliphatic carbocycles. The van der Waals surface area contributed by atoms with Crippen LogP contribution in [0, 0.1) is 0 Å². The number of nitrogens with zero attached hydrogens (tertiary/aromatic N) is 2. The molecular weight excluding hydrogens is 266 g/mol. The lowest BCUT2D eigenvalue weighted by atomic mass is 10.2. The van der Waals surface area contributed by atoms with E-state index < -0.39 is 0 Å². The van der Waals surface area contributed by atoms with Crippen LogP contribution in [0.4, 0.5) is 0 Å². The Labute approximate surface area is 128 Å². The molecule has 0 spiro atoms. The van der Waals surface area contributed by atoms with Crippen molar-refractivity contribution in [1.82, 2.24) is 15.1 Å². The zero-order valence-electron chi connectivity index (χ0n) is 13.1. The van der Waals surface area contributed by atoms with Gasteiger partial charge in [-0.3, -0.25) is 4.90 Å². The first kappa shape index (κ1) is 16.0. The van der Waals surface area contributed by atoms with Crippen LogP contribution in [0.2, 0.25) is 0 Å². The normalized spacial score (nSPS) is 21.7. The Balaban J connectivity index is 1.64. The lowest BCUT2D eigenvalue weighted by molar-refractivity contribution is 0.198. The molecule has 1 fully saturated rings. The molecule has 1 aromatic heterocycles. The van der Waals surface area contributed by atoms with E-state index in [4.69, 9.17) is 0 Å². The summed E-state index contributed by atoms with van der Waals surface area (Å²) in [7, 11) is 2.25. The first-order valence-corrected chi connectivity index (χ1v) is 8.78. The van der Waals surface area contributed by atoms with E-state index in [9.17, 15) is 0 Å². The number of hydrogen-bond donors (Lipinski definition) is 1. The Morgan fingerprint density at radius 3 is 3.10 bits per heavy atom. The highest BCUT2D eigenvalue weighted by Gasteiger charge is 2.23. The molecule has 0 radical (unpaired) electrons. The number of nitrogens with one attached hydrogen (secondary N) is 1. The second kappa shape index (κ2) is 8.13. The number of rotatable bonds is 8. The van der Waals surface area contributed by atoms with Crippen LogP contribution in [0.1, 0.15) is 37.6 Å². The number of thiophene rings is 1. The Bertz CT molecular complexity index is 366. The van der Waals surface area contributed by atoms with E-state index in [1.807, 2.05) is 11.3 Å². The van der Waals surface area contributed by atoms with Crippen LogP contribution in [0.3, 0.4) is 0 Å². The second-order valence-corrected chi connectivity index (χ2v) is 6.86. The Kier molecular flexibility index (Phi) is 6.49. The highest BCUT2D eigenvalue weighted by molar-refractivity contribution is 7.10. The molecule has 2 rings (SSSR count). The molecule has 0 amide bonds. The predicted molar refractivity (Wildman–Crippen MR) is 88.5 cm³/mol. The molecule has 0 aromatic carbocycles. The summed E-state index contributed by atoms with van der Waals surface area (Å²) >= 11 is 1.84. The average Bonchev–Trinajstić information content (AvgIpc) is 3.09. The third-order valence-electron chi connectivity index (χ3n) is 4.34. The van der Waals surface area contributed by atoms with Gasteiger partial charge in [-0.05, 0) is 51.3 Å². The van der Waals surface area contributed by atoms with Crippen LogP contribution in [-0.4, -0.2) is 55.6 Å². The van der Waals surface area contributed by atoms with Gasteiger partial charge in [0.25, 0.3) is 0 Å². The van der Waals surface area contributed by atoms with Crippen molar-refractivity contribution in [3.63, 3.8) is 0 Å². The summed E-state index contributed by atoms with van der Waals surface area (Å²) in [6.07, 6.45) is 2.75. The molecule has 114 valence electrons. The summed E-state index contributed by atoms with van der Waals surface area (Å²) in [6, 6.07) is 5.59. The smallest absolute Gasteiger partial charge is 0.0386 e. The van der Waals surface area contributed by atoms with Gasteiger partial charge in [0.05, 0.1) is 0 Å². The summed E-state index contributed by atoms with van der Waals surface area (Å²) in [6.45, 7) is 10.4. The zero-order chi connectivity index (χ0) is 14.4. The Morgan fingerprint density at radius 2 is 2.40 bits per heavy atom. The summed E-state index contributed by atoms with van der Waals surface area (Å²) < 4.78 is 0. The third kappa shape index (κ3) is 4.55. The van der Waals surface area contributed by atoms with Crippen molar-refractivity contribution < 1.29 is 0 Å². The summed E-state index contributed by atoms with van der Waals surface area (Å²) in [5.41, 5.74) is 0. The molecule has 1 aliphatic rings. The topological polar surface area (TPSA) is 18.5 Å². The SMILES string of the molecule is CCN1CCCC1CN(C)CCNC(C)c1cccs1. The van der Waals surface area contributed by atoms with Crippen LogP contribution < -0.4 is 5.32 Å². The monoisotopic (exact) mass is 295 g/mol. The van der Waals surface area contributed by atoms with Crippen molar-refractivity contribution in [2.24, 2.45) is 0 Å². The quantitative estimate of drug-likeness (QED) is 0.795. The standard InChI is InChI=1S/C16H29N3S/c1-4-19-10-5-7-15(19)13-18(3)11-9-17-14(2)16-8-6-12-20-16/h6,8,12,14-15,17H,4-5,7,9-11,13H2,1-3H3. The largest absolute Gasteiger partial charge is 0.308 e. The summed E-state index contributed by atoms with van der Waals surface area (Å²) in [5.74, 6) is 0. The Morgan fingerprint density at radius 1 is 1.55 bits per heavy atom. The van der Waals surface area contributed by atoms with Crippen LogP contribution in [-0.2, 0) is 0 Å². The van der Waals surface area contributed by atoms with E-state index >= 15 is 0 Å². The molecule has 0 saturated carbocycles. The molecule has 3 nitrogen and oxygen atoms in total. The van der Waals surface area contributed by atoms with Crippen molar-refractivity contribution in [3.8, 4) is 0 Å². The van der Waals surface area contributed by atoms with Crippen molar-refractivity contribution >= 4 is 11.3 Å². The minimum atomic E-state index is 0.474. The second-order valence-electron chi connectivity index (χ2n) is 5.88. The minimum Gasteiger partial charge on any atom is -0.308 e. The molecular formula is C16H29N3S. The van der Waals surface area contributed by atoms with Crippen LogP contribution in [0.5, 0.6) is 0 Å². The molecule has 2 unspecified atom stereocenters. The molecule has 2 heterocycles. The first-order chi connectivity index (χ1) is 9.70. The van der Waals surface area contributed by atoms with E-state index in [1.165, 1.54) is 37.4 Å². The highest BCUT2D eigenvalue weighted by Crippen LogP contribution is 2.18. The van der Waals surface area contributed by atoms with Gasteiger partial charge in [-0.25, -0.2) is 0 Å². The zero-order valence-corrected chi connectivity index (χ0v) is 14.0. The van der Waals surface area contributed by atoms with Gasteiger partial charge in [0.2, 0.25) is 0 Å². The van der Waals surface area contributed by atoms with Gasteiger partial charge in [-0.1, -0.05) is 13.0 Å². The van der Waals surface area contributed by atoms with E-state index in [0.717, 1.165) is 19.1 Å². The average molecular weight is 295 g/mol. The highest BCUT2D eigenvalue weighted by atomic mass is 32.1. The van der Waals surface area contributed by atoms with E-state index in [-0.39, 0.29) is 0 Å². The van der Waals surface area contributed by atoms with Gasteiger partial charge in [0, 0.05) is 36.6 Å². The molecule has 4 heteroatoms. The van der Waals surface area contributed by atoms with Crippen LogP contribution in [0.15, 0.2) is 17.5 Å². The minimum absolute atomic E-state index is 0.474. The maximum Gasteiger partial charge on any atom is 0.0386 e. The molecule has 1 N–H and O–H groups in total. The predicted octanol–water partition coefficient (Wildman–Crippen LogP) is 2.81. The number of likely N-dealkylation sites (tertiary alicyclic amines) is 1. The van der Waals surface area contributed by atoms with Crippen LogP contribution >= 0.6 is 11.3 Å². The van der Waals surface area contributed by atoms with Gasteiger partial charge in [0.15, 0.2) is 0 Å². The number of likely N-dealkylation sites (N-methyl/N-ethyl adjacent to an activating group) is 2. The van der Waals surface area contributed by atoms with Gasteiger partial charge in [-0.2, -0.15) is 0 Å². The van der Waals surface area contributed by atoms with Crippen LogP contribution in [0.25, 0.3) is 0 Å². The Hall–Kier alpha value is -0.420. The fourth-order valence-electron chi connectivity index (χ4n) is 3.08. The molecule has 1 aromatic rings. The fourth-order valence-corrected chi connectivity index (χ4v) is 3.84. The number of hydrogen-bond acceptors (Lipinski definition) is 4. The van der Waals surface area contributed by atoms with Gasteiger partial charge in [0.1, 0.15) is 0 Å². The van der Waals surface area contributed by atoms with Gasteiger partial charge in [-0.15, -0.1) is 11.3 Å². The molecule has 1 saturated heterocycles. The maximum absolute atomic E-state index is 3.62. The van der Waals surface area contributed by atoms with Gasteiger partial charge < -0.3 is 10.2 Å². The van der Waals surface area contributed by atoms with Crippen molar-refractivity contribution in [2.75, 3.05) is 39.8 Å². The van der Waals surface area contributed by atoms with E-state index in [0.29, 0.717) is 6.04 Å². The van der Waals surface area contributed by atoms with Crippen molar-refractivity contribution in [1.29, 1.82) is 0 Å². The summed E-state index contributed by atoms with van der Waals surface area (Å²) in [4.78, 5) is 6.53. The van der Waals surface area contributed by atoms with E-state index in [1.54, 1.807) is 0 Å². The first-order valence-electron chi connectivity index (χ1n) is 7.90. The van der Waals surface area contributed by atoms with E-state index in [2.05, 4.69) is 53.5 Å². The van der Waals surface area contributed by atoms with Crippen molar-refractivity contribution in [3.05, 3.63) is 22.4 Å². The van der Waals surface area contributed by atoms with Gasteiger partial charge >= 0.3 is 0 Å². The molecule has 0 bridgehead atoms. The fraction of sp³-hybridized carbons (Fsp3) is 0.750. The lowest BCUT2D eigenvalue weighted by Gasteiger charge is -2.28. The van der Waals surface area contributed by atoms with Crippen molar-refractivity contribution in [2.45, 2.75) is 38.8 Å². The molecule has 20 heavy (non-hydrogen) atoms. The molecule has 1 aliphatic heterocycles.